The average Bonchev–Trinajstić information content (AvgIpc) is 3.80. The Balaban J connectivity index is 1.54. The van der Waals surface area contributed by atoms with Gasteiger partial charge in [0.25, 0.3) is 5.91 Å². The summed E-state index contributed by atoms with van der Waals surface area (Å²) in [7, 11) is 2.93. The molecule has 1 heterocycles. The molecule has 0 aliphatic heterocycles. The molecule has 12 heteroatoms. The number of pyridine rings is 1. The number of esters is 1. The molecule has 0 spiro atoms. The molecule has 224 valence electrons. The molecule has 42 heavy (non-hydrogen) atoms. The first-order valence-corrected chi connectivity index (χ1v) is 13.6. The smallest absolute Gasteiger partial charge is 0.387 e. The van der Waals surface area contributed by atoms with Gasteiger partial charge in [0.2, 0.25) is 0 Å². The van der Waals surface area contributed by atoms with Crippen LogP contribution >= 0.6 is 11.6 Å². The molecule has 0 radical (unpaired) electrons. The molecule has 3 aromatic rings. The normalized spacial score (nSPS) is 13.3. The van der Waals surface area contributed by atoms with Crippen LogP contribution in [0.2, 0.25) is 5.02 Å². The van der Waals surface area contributed by atoms with E-state index in [0.29, 0.717) is 34.6 Å². The van der Waals surface area contributed by atoms with Crippen molar-refractivity contribution in [3.05, 3.63) is 76.1 Å². The van der Waals surface area contributed by atoms with E-state index in [1.807, 2.05) is 6.92 Å². The fraction of sp³-hybridized carbons (Fsp3) is 0.367. The van der Waals surface area contributed by atoms with Crippen molar-refractivity contribution in [1.82, 2.24) is 5.32 Å². The first kappa shape index (κ1) is 30.8. The number of methoxy groups -OCH3 is 2. The van der Waals surface area contributed by atoms with Gasteiger partial charge in [-0.25, -0.2) is 4.98 Å². The summed E-state index contributed by atoms with van der Waals surface area (Å²) in [5, 5.41) is 2.97. The number of nitrogens with one attached hydrogen (secondary N) is 2. The van der Waals surface area contributed by atoms with Crippen LogP contribution in [0.3, 0.4) is 0 Å². The molecule has 2 aromatic carbocycles. The summed E-state index contributed by atoms with van der Waals surface area (Å²) in [5.74, 6) is -0.0760. The van der Waals surface area contributed by atoms with E-state index in [4.69, 9.17) is 30.5 Å². The zero-order valence-electron chi connectivity index (χ0n) is 23.4. The lowest BCUT2D eigenvalue weighted by molar-refractivity contribution is -0.378. The highest BCUT2D eigenvalue weighted by Crippen LogP contribution is 2.37. The minimum absolute atomic E-state index is 0.117. The van der Waals surface area contributed by atoms with Gasteiger partial charge in [-0.1, -0.05) is 17.7 Å². The van der Waals surface area contributed by atoms with Gasteiger partial charge in [-0.2, -0.15) is 8.78 Å². The molecule has 1 aliphatic carbocycles. The van der Waals surface area contributed by atoms with Crippen molar-refractivity contribution in [3.8, 4) is 23.0 Å². The van der Waals surface area contributed by atoms with Gasteiger partial charge >= 0.3 is 12.6 Å². The van der Waals surface area contributed by atoms with Gasteiger partial charge in [-0.15, -0.1) is 0 Å². The topological polar surface area (TPSA) is 106 Å². The maximum Gasteiger partial charge on any atom is 0.387 e. The van der Waals surface area contributed by atoms with E-state index < -0.39 is 31.1 Å². The molecule has 9 nitrogen and oxygen atoms in total. The fourth-order valence-electron chi connectivity index (χ4n) is 4.23. The number of carbonyl (C=O) groups excluding carboxylic acids is 2. The number of aromatic nitrogens is 1. The Morgan fingerprint density at radius 1 is 1.02 bits per heavy atom. The minimum atomic E-state index is -3.04. The highest BCUT2D eigenvalue weighted by molar-refractivity contribution is 6.31. The third kappa shape index (κ3) is 8.22. The Morgan fingerprint density at radius 2 is 1.76 bits per heavy atom. The van der Waals surface area contributed by atoms with E-state index >= 15 is 0 Å². The molecular formula is C30H32ClF2N2O7+. The monoisotopic (exact) mass is 605 g/mol. The van der Waals surface area contributed by atoms with Gasteiger partial charge in [0.15, 0.2) is 35.4 Å². The molecule has 0 unspecified atom stereocenters. The van der Waals surface area contributed by atoms with Crippen LogP contribution in [-0.2, 0) is 16.0 Å². The van der Waals surface area contributed by atoms with Crippen molar-refractivity contribution in [3.63, 3.8) is 0 Å². The Labute approximate surface area is 247 Å². The fourth-order valence-corrected chi connectivity index (χ4v) is 4.52. The van der Waals surface area contributed by atoms with Gasteiger partial charge in [-0.05, 0) is 67.1 Å². The standard InChI is InChI=1S/C30H31ClF2N2O7/c1-17-13-34-14-22(31)21(17)12-25(19-6-9-24(42-30(32)33)27(10-19)40-16-18-4-5-18)41-28(36)15-35-29(37)20-7-8-23(38-2)26(11-20)39-3/h6-11,13-14,18,25,30H,4-5,12,15-16H2,1-3H3,(H,35,37)/p+1/t25-/m0/s1. The number of aromatic amines is 1. The van der Waals surface area contributed by atoms with Crippen molar-refractivity contribution in [2.45, 2.75) is 38.9 Å². The molecule has 1 fully saturated rings. The Morgan fingerprint density at radius 3 is 2.43 bits per heavy atom. The lowest BCUT2D eigenvalue weighted by Crippen LogP contribution is -2.31. The van der Waals surface area contributed by atoms with Crippen LogP contribution in [0.25, 0.3) is 0 Å². The van der Waals surface area contributed by atoms with Gasteiger partial charge in [0.05, 0.1) is 20.8 Å². The summed E-state index contributed by atoms with van der Waals surface area (Å²) in [6, 6.07) is 9.02. The van der Waals surface area contributed by atoms with E-state index in [2.05, 4.69) is 15.0 Å². The van der Waals surface area contributed by atoms with E-state index in [9.17, 15) is 18.4 Å². The summed E-state index contributed by atoms with van der Waals surface area (Å²) in [6.07, 6.45) is 4.65. The number of H-pyrrole nitrogens is 1. The van der Waals surface area contributed by atoms with Crippen molar-refractivity contribution in [1.29, 1.82) is 0 Å². The first-order chi connectivity index (χ1) is 20.2. The Hall–Kier alpha value is -4.12. The summed E-state index contributed by atoms with van der Waals surface area (Å²) < 4.78 is 52.8. The van der Waals surface area contributed by atoms with Gasteiger partial charge < -0.3 is 29.0 Å². The molecule has 1 saturated carbocycles. The van der Waals surface area contributed by atoms with E-state index in [0.717, 1.165) is 24.0 Å². The predicted octanol–water partition coefficient (Wildman–Crippen LogP) is 5.13. The summed E-state index contributed by atoms with van der Waals surface area (Å²) in [6.45, 7) is -1.26. The van der Waals surface area contributed by atoms with Crippen LogP contribution in [0.15, 0.2) is 48.8 Å². The maximum atomic E-state index is 13.1. The van der Waals surface area contributed by atoms with Crippen molar-refractivity contribution in [2.75, 3.05) is 27.4 Å². The summed E-state index contributed by atoms with van der Waals surface area (Å²) >= 11 is 6.44. The zero-order chi connectivity index (χ0) is 30.2. The number of rotatable bonds is 14. The SMILES string of the molecule is COc1ccc(C(=O)NCC(=O)O[C@@H](Cc2c(C)c[nH+]cc2Cl)c2ccc(OC(F)F)c(OCC3CC3)c2)cc1OC. The number of hydrogen-bond donors (Lipinski definition) is 1. The predicted molar refractivity (Wildman–Crippen MR) is 148 cm³/mol. The third-order valence-electron chi connectivity index (χ3n) is 6.70. The Kier molecular flexibility index (Phi) is 10.4. The molecular weight excluding hydrogens is 574 g/mol. The zero-order valence-corrected chi connectivity index (χ0v) is 24.1. The molecule has 1 atom stereocenters. The van der Waals surface area contributed by atoms with Crippen molar-refractivity contribution >= 4 is 23.5 Å². The number of amides is 1. The van der Waals surface area contributed by atoms with E-state index in [1.54, 1.807) is 18.5 Å². The average molecular weight is 606 g/mol. The highest BCUT2D eigenvalue weighted by atomic mass is 35.5. The van der Waals surface area contributed by atoms with Gasteiger partial charge in [-0.3, -0.25) is 9.59 Å². The van der Waals surface area contributed by atoms with Crippen molar-refractivity contribution < 1.29 is 47.0 Å². The van der Waals surface area contributed by atoms with Crippen LogP contribution < -0.4 is 29.2 Å². The summed E-state index contributed by atoms with van der Waals surface area (Å²) in [5.41, 5.74) is 2.28. The quantitative estimate of drug-likeness (QED) is 0.254. The Bertz CT molecular complexity index is 1400. The molecule has 4 rings (SSSR count). The molecule has 0 bridgehead atoms. The molecule has 0 saturated heterocycles. The van der Waals surface area contributed by atoms with Gasteiger partial charge in [0, 0.05) is 17.5 Å². The third-order valence-corrected chi connectivity index (χ3v) is 7.04. The molecule has 1 amide bonds. The van der Waals surface area contributed by atoms with Crippen LogP contribution in [0.5, 0.6) is 23.0 Å². The number of carbonyl (C=O) groups is 2. The molecule has 2 N–H and O–H groups in total. The highest BCUT2D eigenvalue weighted by Gasteiger charge is 2.26. The molecule has 1 aliphatic rings. The molecule has 1 aromatic heterocycles. The van der Waals surface area contributed by atoms with Gasteiger partial charge in [0.1, 0.15) is 17.7 Å². The minimum Gasteiger partial charge on any atom is -0.493 e. The lowest BCUT2D eigenvalue weighted by Gasteiger charge is -2.21. The second-order valence-electron chi connectivity index (χ2n) is 9.74. The number of benzene rings is 2. The second-order valence-corrected chi connectivity index (χ2v) is 10.1. The van der Waals surface area contributed by atoms with E-state index in [-0.39, 0.29) is 23.5 Å². The lowest BCUT2D eigenvalue weighted by atomic mass is 9.98. The maximum absolute atomic E-state index is 13.1. The second kappa shape index (κ2) is 14.2. The van der Waals surface area contributed by atoms with Crippen LogP contribution in [0.4, 0.5) is 8.78 Å². The number of hydrogen-bond acceptors (Lipinski definition) is 7. The number of alkyl halides is 2. The van der Waals surface area contributed by atoms with Crippen LogP contribution in [0, 0.1) is 12.8 Å². The number of aryl methyl sites for hydroxylation is 1. The number of ether oxygens (including phenoxy) is 5. The van der Waals surface area contributed by atoms with Crippen molar-refractivity contribution in [2.24, 2.45) is 5.92 Å². The van der Waals surface area contributed by atoms with Crippen LogP contribution in [0.1, 0.15) is 46.0 Å². The van der Waals surface area contributed by atoms with E-state index in [1.165, 1.54) is 44.6 Å². The summed E-state index contributed by atoms with van der Waals surface area (Å²) in [4.78, 5) is 28.7. The first-order valence-electron chi connectivity index (χ1n) is 13.2. The largest absolute Gasteiger partial charge is 0.493 e. The number of halogens is 3. The van der Waals surface area contributed by atoms with Crippen LogP contribution in [-0.4, -0.2) is 45.9 Å².